The molecule has 0 unspecified atom stereocenters. The van der Waals surface area contributed by atoms with Crippen LogP contribution in [0.2, 0.25) is 10.0 Å². The molecule has 0 fully saturated rings. The van der Waals surface area contributed by atoms with Crippen LogP contribution >= 0.6 is 33.9 Å². The first-order valence-electron chi connectivity index (χ1n) is 5.46. The van der Waals surface area contributed by atoms with Crippen LogP contribution in [0.1, 0.15) is 13.8 Å². The van der Waals surface area contributed by atoms with Crippen molar-refractivity contribution in [2.24, 2.45) is 0 Å². The zero-order chi connectivity index (χ0) is 15.5. The van der Waals surface area contributed by atoms with Crippen molar-refractivity contribution in [2.75, 3.05) is 11.9 Å². The van der Waals surface area contributed by atoms with E-state index in [4.69, 9.17) is 38.6 Å². The maximum atomic E-state index is 11.6. The van der Waals surface area contributed by atoms with Gasteiger partial charge in [0, 0.05) is 10.7 Å². The number of anilines is 1. The van der Waals surface area contributed by atoms with Gasteiger partial charge in [0.25, 0.3) is 9.05 Å². The summed E-state index contributed by atoms with van der Waals surface area (Å²) in [6, 6.07) is 2.21. The van der Waals surface area contributed by atoms with Gasteiger partial charge in [0.1, 0.15) is 6.61 Å². The Hall–Kier alpha value is -0.530. The molecule has 20 heavy (non-hydrogen) atoms. The number of carbonyl (C=O) groups excluding carboxylic acids is 1. The van der Waals surface area contributed by atoms with Crippen LogP contribution in [0, 0.1) is 0 Å². The fourth-order valence-corrected chi connectivity index (χ4v) is 2.72. The highest BCUT2D eigenvalue weighted by Crippen LogP contribution is 2.34. The van der Waals surface area contributed by atoms with E-state index in [1.165, 1.54) is 0 Å². The van der Waals surface area contributed by atoms with Crippen molar-refractivity contribution in [2.45, 2.75) is 24.8 Å². The third kappa shape index (κ3) is 5.10. The highest BCUT2D eigenvalue weighted by molar-refractivity contribution is 8.13. The van der Waals surface area contributed by atoms with Crippen molar-refractivity contribution in [1.29, 1.82) is 0 Å². The molecule has 0 bridgehead atoms. The van der Waals surface area contributed by atoms with Crippen LogP contribution in [0.5, 0.6) is 0 Å². The summed E-state index contributed by atoms with van der Waals surface area (Å²) in [6.45, 7) is 3.40. The predicted octanol–water partition coefficient (Wildman–Crippen LogP) is 3.28. The SMILES string of the molecule is CC(C)OCC(=O)Nc1c(Cl)cc(S(=O)(=O)Cl)cc1Cl. The molecule has 9 heteroatoms. The van der Waals surface area contributed by atoms with Crippen molar-refractivity contribution < 1.29 is 17.9 Å². The van der Waals surface area contributed by atoms with Gasteiger partial charge in [-0.3, -0.25) is 4.79 Å². The van der Waals surface area contributed by atoms with Crippen molar-refractivity contribution in [3.8, 4) is 0 Å². The minimum absolute atomic E-state index is 0.0328. The molecule has 0 saturated carbocycles. The standard InChI is InChI=1S/C11H12Cl3NO4S/c1-6(2)19-5-10(16)15-11-8(12)3-7(4-9(11)13)20(14,17)18/h3-4,6H,5H2,1-2H3,(H,15,16). The van der Waals surface area contributed by atoms with Gasteiger partial charge in [-0.25, -0.2) is 8.42 Å². The first-order valence-corrected chi connectivity index (χ1v) is 8.53. The molecule has 1 amide bonds. The number of nitrogens with one attached hydrogen (secondary N) is 1. The van der Waals surface area contributed by atoms with Gasteiger partial charge in [-0.2, -0.15) is 0 Å². The summed E-state index contributed by atoms with van der Waals surface area (Å²) in [5.74, 6) is -0.455. The second kappa shape index (κ2) is 6.95. The molecular formula is C11H12Cl3NO4S. The molecule has 0 spiro atoms. The lowest BCUT2D eigenvalue weighted by molar-refractivity contribution is -0.121. The zero-order valence-corrected chi connectivity index (χ0v) is 13.7. The lowest BCUT2D eigenvalue weighted by Gasteiger charge is -2.12. The van der Waals surface area contributed by atoms with Crippen LogP contribution in [0.25, 0.3) is 0 Å². The fraction of sp³-hybridized carbons (Fsp3) is 0.364. The Kier molecular flexibility index (Phi) is 6.09. The minimum Gasteiger partial charge on any atom is -0.369 e. The minimum atomic E-state index is -3.95. The topological polar surface area (TPSA) is 72.5 Å². The predicted molar refractivity (Wildman–Crippen MR) is 79.2 cm³/mol. The normalized spacial score (nSPS) is 11.7. The molecule has 0 aliphatic heterocycles. The second-order valence-corrected chi connectivity index (χ2v) is 7.49. The first kappa shape index (κ1) is 17.5. The third-order valence-electron chi connectivity index (χ3n) is 2.11. The molecule has 0 atom stereocenters. The summed E-state index contributed by atoms with van der Waals surface area (Å²) < 4.78 is 27.5. The van der Waals surface area contributed by atoms with Gasteiger partial charge in [0.05, 0.1) is 26.7 Å². The van der Waals surface area contributed by atoms with E-state index in [1.807, 2.05) is 0 Å². The molecule has 0 aromatic heterocycles. The van der Waals surface area contributed by atoms with Crippen molar-refractivity contribution >= 4 is 54.5 Å². The molecule has 1 aromatic carbocycles. The molecule has 0 radical (unpaired) electrons. The number of hydrogen-bond acceptors (Lipinski definition) is 4. The van der Waals surface area contributed by atoms with Crippen molar-refractivity contribution in [1.82, 2.24) is 0 Å². The Bertz CT molecular complexity index is 593. The van der Waals surface area contributed by atoms with Gasteiger partial charge in [0.15, 0.2) is 0 Å². The van der Waals surface area contributed by atoms with Gasteiger partial charge in [-0.15, -0.1) is 0 Å². The molecule has 0 saturated heterocycles. The van der Waals surface area contributed by atoms with Crippen LogP contribution < -0.4 is 5.32 Å². The average Bonchev–Trinajstić information content (AvgIpc) is 2.29. The molecule has 112 valence electrons. The van der Waals surface area contributed by atoms with E-state index in [0.717, 1.165) is 12.1 Å². The highest BCUT2D eigenvalue weighted by Gasteiger charge is 2.17. The van der Waals surface area contributed by atoms with E-state index in [0.29, 0.717) is 0 Å². The molecule has 1 N–H and O–H groups in total. The largest absolute Gasteiger partial charge is 0.369 e. The summed E-state index contributed by atoms with van der Waals surface area (Å²) in [6.07, 6.45) is -0.101. The quantitative estimate of drug-likeness (QED) is 0.818. The number of ether oxygens (including phenoxy) is 1. The van der Waals surface area contributed by atoms with Gasteiger partial charge in [-0.05, 0) is 26.0 Å². The summed E-state index contributed by atoms with van der Waals surface area (Å²) in [5.41, 5.74) is 0.106. The van der Waals surface area contributed by atoms with E-state index in [-0.39, 0.29) is 33.3 Å². The molecule has 0 aliphatic rings. The maximum absolute atomic E-state index is 11.6. The van der Waals surface area contributed by atoms with E-state index < -0.39 is 15.0 Å². The van der Waals surface area contributed by atoms with Gasteiger partial charge >= 0.3 is 0 Å². The summed E-state index contributed by atoms with van der Waals surface area (Å²) >= 11 is 11.8. The van der Waals surface area contributed by atoms with Crippen LogP contribution in [-0.2, 0) is 18.6 Å². The number of amides is 1. The van der Waals surface area contributed by atoms with Crippen molar-refractivity contribution in [3.05, 3.63) is 22.2 Å². The van der Waals surface area contributed by atoms with E-state index in [2.05, 4.69) is 5.32 Å². The van der Waals surface area contributed by atoms with Gasteiger partial charge < -0.3 is 10.1 Å². The number of rotatable bonds is 5. The summed E-state index contributed by atoms with van der Waals surface area (Å²) in [5, 5.41) is 2.38. The summed E-state index contributed by atoms with van der Waals surface area (Å²) in [4.78, 5) is 11.4. The summed E-state index contributed by atoms with van der Waals surface area (Å²) in [7, 11) is 1.24. The van der Waals surface area contributed by atoms with Crippen LogP contribution in [0.15, 0.2) is 17.0 Å². The number of hydrogen-bond donors (Lipinski definition) is 1. The molecule has 5 nitrogen and oxygen atoms in total. The van der Waals surface area contributed by atoms with E-state index >= 15 is 0 Å². The zero-order valence-electron chi connectivity index (χ0n) is 10.6. The molecule has 1 aromatic rings. The third-order valence-corrected chi connectivity index (χ3v) is 4.04. The fourth-order valence-electron chi connectivity index (χ4n) is 1.23. The van der Waals surface area contributed by atoms with Crippen LogP contribution in [0.4, 0.5) is 5.69 Å². The Labute approximate surface area is 131 Å². The molecular weight excluding hydrogens is 349 g/mol. The monoisotopic (exact) mass is 359 g/mol. The Morgan fingerprint density at radius 2 is 1.80 bits per heavy atom. The Morgan fingerprint density at radius 3 is 2.20 bits per heavy atom. The van der Waals surface area contributed by atoms with Gasteiger partial charge in [0.2, 0.25) is 5.91 Å². The van der Waals surface area contributed by atoms with Crippen LogP contribution in [-0.4, -0.2) is 27.0 Å². The van der Waals surface area contributed by atoms with E-state index in [9.17, 15) is 13.2 Å². The second-order valence-electron chi connectivity index (χ2n) is 4.11. The average molecular weight is 361 g/mol. The number of benzene rings is 1. The smallest absolute Gasteiger partial charge is 0.261 e. The lowest BCUT2D eigenvalue weighted by atomic mass is 10.3. The number of carbonyl (C=O) groups is 1. The maximum Gasteiger partial charge on any atom is 0.261 e. The van der Waals surface area contributed by atoms with Crippen LogP contribution in [0.3, 0.4) is 0 Å². The van der Waals surface area contributed by atoms with Gasteiger partial charge in [-0.1, -0.05) is 23.2 Å². The molecule has 0 aliphatic carbocycles. The number of halogens is 3. The molecule has 0 heterocycles. The van der Waals surface area contributed by atoms with E-state index in [1.54, 1.807) is 13.8 Å². The van der Waals surface area contributed by atoms with Crippen molar-refractivity contribution in [3.63, 3.8) is 0 Å². The lowest BCUT2D eigenvalue weighted by Crippen LogP contribution is -2.21. The molecule has 1 rings (SSSR count). The Balaban J connectivity index is 2.95. The highest BCUT2D eigenvalue weighted by atomic mass is 35.7. The first-order chi connectivity index (χ1) is 9.11. The Morgan fingerprint density at radius 1 is 1.30 bits per heavy atom.